The highest BCUT2D eigenvalue weighted by Crippen LogP contribution is 2.29. The number of hydrogen-bond donors (Lipinski definition) is 4. The van der Waals surface area contributed by atoms with Crippen molar-refractivity contribution in [1.82, 2.24) is 0 Å². The summed E-state index contributed by atoms with van der Waals surface area (Å²) in [5, 5.41) is 37.9. The number of hydrogen-bond acceptors (Lipinski definition) is 6. The van der Waals surface area contributed by atoms with Crippen LogP contribution >= 0.6 is 0 Å². The van der Waals surface area contributed by atoms with Gasteiger partial charge < -0.3 is 25.2 Å². The summed E-state index contributed by atoms with van der Waals surface area (Å²) in [5.41, 5.74) is -0.332. The molecule has 1 aliphatic heterocycles. The Kier molecular flexibility index (Phi) is 4.46. The number of aliphatic hydroxyl groups excluding tert-OH is 4. The highest BCUT2D eigenvalue weighted by atomic mass is 19.1. The summed E-state index contributed by atoms with van der Waals surface area (Å²) in [6, 6.07) is 5.09. The summed E-state index contributed by atoms with van der Waals surface area (Å²) in [6.07, 6.45) is -6.91. The Bertz CT molecular complexity index is 492. The van der Waals surface area contributed by atoms with Crippen molar-refractivity contribution in [2.75, 3.05) is 6.61 Å². The van der Waals surface area contributed by atoms with Crippen molar-refractivity contribution in [1.29, 1.82) is 0 Å². The second-order valence-corrected chi connectivity index (χ2v) is 4.44. The van der Waals surface area contributed by atoms with Crippen LogP contribution in [0.5, 0.6) is 0 Å². The molecule has 0 amide bonds. The lowest BCUT2D eigenvalue weighted by Gasteiger charge is -2.38. The topological polar surface area (TPSA) is 107 Å². The molecule has 1 aromatic rings. The van der Waals surface area contributed by atoms with Crippen LogP contribution in [0.4, 0.5) is 4.39 Å². The van der Waals surface area contributed by atoms with Gasteiger partial charge in [-0.2, -0.15) is 0 Å². The van der Waals surface area contributed by atoms with Crippen molar-refractivity contribution in [3.8, 4) is 0 Å². The molecule has 0 aromatic heterocycles. The van der Waals surface area contributed by atoms with Crippen LogP contribution in [0.1, 0.15) is 10.4 Å². The zero-order valence-corrected chi connectivity index (χ0v) is 10.3. The first kappa shape index (κ1) is 15.0. The first-order valence-corrected chi connectivity index (χ1v) is 5.95. The maximum atomic E-state index is 13.5. The Balaban J connectivity index is 2.27. The van der Waals surface area contributed by atoms with Gasteiger partial charge in [-0.05, 0) is 12.1 Å². The van der Waals surface area contributed by atoms with Crippen molar-refractivity contribution in [3.05, 3.63) is 41.8 Å². The molecule has 0 spiro atoms. The minimum atomic E-state index is -1.79. The van der Waals surface area contributed by atoms with Gasteiger partial charge in [-0.1, -0.05) is 12.1 Å². The smallest absolute Gasteiger partial charge is 0.204 e. The average molecular weight is 285 g/mol. The zero-order valence-electron chi connectivity index (χ0n) is 10.3. The highest BCUT2D eigenvalue weighted by Gasteiger charge is 2.47. The van der Waals surface area contributed by atoms with Crippen LogP contribution in [0.2, 0.25) is 0 Å². The minimum absolute atomic E-state index is 0.332. The molecule has 0 unspecified atom stereocenters. The number of aliphatic hydroxyl groups is 4. The maximum absolute atomic E-state index is 13.5. The fraction of sp³-hybridized carbons (Fsp3) is 0.385. The lowest BCUT2D eigenvalue weighted by Crippen LogP contribution is -2.57. The monoisotopic (exact) mass is 285 g/mol. The molecule has 1 radical (unpaired) electrons. The summed E-state index contributed by atoms with van der Waals surface area (Å²) in [7, 11) is 0. The van der Waals surface area contributed by atoms with Crippen LogP contribution in [-0.2, 0) is 4.74 Å². The van der Waals surface area contributed by atoms with Gasteiger partial charge in [-0.15, -0.1) is 0 Å². The Morgan fingerprint density at radius 3 is 2.45 bits per heavy atom. The van der Waals surface area contributed by atoms with E-state index in [1.165, 1.54) is 18.2 Å². The van der Waals surface area contributed by atoms with Crippen LogP contribution in [0.15, 0.2) is 24.3 Å². The standard InChI is InChI=1S/C13H14FO6/c14-7-4-2-1-3-6(7)9(16)13-12(19)11(18)10(17)8(5-15)20-13/h1-4,8,10-12,15,17-19H,5H2/t8-,10-,11+,12-/m1/s1. The number of ketones is 1. The molecule has 4 atom stereocenters. The van der Waals surface area contributed by atoms with E-state index in [1.54, 1.807) is 0 Å². The normalized spacial score (nSPS) is 31.2. The number of halogens is 1. The number of Topliss-reactive ketones (excluding diaryl/α,β-unsaturated/α-hetero) is 1. The van der Waals surface area contributed by atoms with E-state index < -0.39 is 48.7 Å². The van der Waals surface area contributed by atoms with Crippen molar-refractivity contribution >= 4 is 5.78 Å². The van der Waals surface area contributed by atoms with Crippen LogP contribution in [0.25, 0.3) is 0 Å². The summed E-state index contributed by atoms with van der Waals surface area (Å²) in [6.45, 7) is -0.668. The Labute approximate surface area is 114 Å². The Morgan fingerprint density at radius 2 is 1.85 bits per heavy atom. The summed E-state index contributed by atoms with van der Waals surface area (Å²) >= 11 is 0. The van der Waals surface area contributed by atoms with Crippen LogP contribution < -0.4 is 0 Å². The molecular weight excluding hydrogens is 271 g/mol. The molecule has 7 heteroatoms. The molecular formula is C13H14FO6. The first-order valence-electron chi connectivity index (χ1n) is 5.95. The van der Waals surface area contributed by atoms with Crippen molar-refractivity contribution in [2.45, 2.75) is 24.4 Å². The average Bonchev–Trinajstić information content (AvgIpc) is 2.45. The van der Waals surface area contributed by atoms with Gasteiger partial charge in [-0.3, -0.25) is 4.79 Å². The van der Waals surface area contributed by atoms with Crippen molar-refractivity contribution < 1.29 is 34.3 Å². The first-order chi connectivity index (χ1) is 9.47. The maximum Gasteiger partial charge on any atom is 0.204 e. The van der Waals surface area contributed by atoms with E-state index in [4.69, 9.17) is 9.84 Å². The Morgan fingerprint density at radius 1 is 1.20 bits per heavy atom. The molecule has 1 aliphatic rings. The van der Waals surface area contributed by atoms with Crippen molar-refractivity contribution in [2.24, 2.45) is 0 Å². The zero-order chi connectivity index (χ0) is 14.9. The quantitative estimate of drug-likeness (QED) is 0.531. The Hall–Kier alpha value is -1.38. The fourth-order valence-corrected chi connectivity index (χ4v) is 1.98. The van der Waals surface area contributed by atoms with Gasteiger partial charge in [-0.25, -0.2) is 4.39 Å². The van der Waals surface area contributed by atoms with Crippen molar-refractivity contribution in [3.63, 3.8) is 0 Å². The number of carbonyl (C=O) groups is 1. The van der Waals surface area contributed by atoms with E-state index in [9.17, 15) is 24.5 Å². The van der Waals surface area contributed by atoms with E-state index in [2.05, 4.69) is 0 Å². The fourth-order valence-electron chi connectivity index (χ4n) is 1.98. The van der Waals surface area contributed by atoms with E-state index >= 15 is 0 Å². The lowest BCUT2D eigenvalue weighted by molar-refractivity contribution is -0.182. The number of rotatable bonds is 3. The third-order valence-electron chi connectivity index (χ3n) is 3.12. The minimum Gasteiger partial charge on any atom is -0.394 e. The second-order valence-electron chi connectivity index (χ2n) is 4.44. The number of carbonyl (C=O) groups excluding carboxylic acids is 1. The summed E-state index contributed by atoms with van der Waals surface area (Å²) in [4.78, 5) is 12.1. The van der Waals surface area contributed by atoms with Gasteiger partial charge in [0, 0.05) is 0 Å². The van der Waals surface area contributed by atoms with Gasteiger partial charge in [0.1, 0.15) is 30.2 Å². The summed E-state index contributed by atoms with van der Waals surface area (Å²) < 4.78 is 18.5. The molecule has 0 aliphatic carbocycles. The van der Waals surface area contributed by atoms with Gasteiger partial charge in [0.25, 0.3) is 0 Å². The highest BCUT2D eigenvalue weighted by molar-refractivity contribution is 6.05. The number of ether oxygens (including phenoxy) is 1. The molecule has 0 saturated carbocycles. The molecule has 1 saturated heterocycles. The molecule has 4 N–H and O–H groups in total. The van der Waals surface area contributed by atoms with E-state index in [0.717, 1.165) is 6.07 Å². The molecule has 1 fully saturated rings. The predicted octanol–water partition coefficient (Wildman–Crippen LogP) is -0.986. The van der Waals surface area contributed by atoms with Crippen LogP contribution in [0, 0.1) is 11.9 Å². The van der Waals surface area contributed by atoms with Crippen LogP contribution in [-0.4, -0.2) is 57.2 Å². The SMILES string of the molecule is O=C([C]1O[C@H](CO)[C@@H](O)[C@H](O)[C@H]1O)c1ccccc1F. The molecule has 109 valence electrons. The van der Waals surface area contributed by atoms with Gasteiger partial charge in [0.2, 0.25) is 5.78 Å². The van der Waals surface area contributed by atoms with E-state index in [0.29, 0.717) is 0 Å². The molecule has 1 aromatic carbocycles. The molecule has 20 heavy (non-hydrogen) atoms. The molecule has 0 bridgehead atoms. The van der Waals surface area contributed by atoms with Gasteiger partial charge >= 0.3 is 0 Å². The number of benzene rings is 1. The van der Waals surface area contributed by atoms with Gasteiger partial charge in [0.05, 0.1) is 12.2 Å². The third-order valence-corrected chi connectivity index (χ3v) is 3.12. The molecule has 2 rings (SSSR count). The molecule has 1 heterocycles. The lowest BCUT2D eigenvalue weighted by atomic mass is 9.91. The second kappa shape index (κ2) is 5.94. The summed E-state index contributed by atoms with van der Waals surface area (Å²) in [5.74, 6) is -1.75. The van der Waals surface area contributed by atoms with E-state index in [-0.39, 0.29) is 5.56 Å². The van der Waals surface area contributed by atoms with Gasteiger partial charge in [0.15, 0.2) is 6.10 Å². The molecule has 6 nitrogen and oxygen atoms in total. The predicted molar refractivity (Wildman–Crippen MR) is 64.0 cm³/mol. The van der Waals surface area contributed by atoms with Crippen LogP contribution in [0.3, 0.4) is 0 Å². The third kappa shape index (κ3) is 2.58. The largest absolute Gasteiger partial charge is 0.394 e. The van der Waals surface area contributed by atoms with E-state index in [1.807, 2.05) is 0 Å².